The highest BCUT2D eigenvalue weighted by molar-refractivity contribution is 5.92. The highest BCUT2D eigenvalue weighted by Gasteiger charge is 2.36. The zero-order valence-corrected chi connectivity index (χ0v) is 16.8. The molecule has 14 nitrogen and oxygen atoms in total. The van der Waals surface area contributed by atoms with Gasteiger partial charge in [-0.2, -0.15) is 0 Å². The van der Waals surface area contributed by atoms with E-state index in [1.807, 2.05) is 0 Å². The van der Waals surface area contributed by atoms with E-state index in [1.54, 1.807) is 0 Å². The Morgan fingerprint density at radius 3 is 1.79 bits per heavy atom. The highest BCUT2D eigenvalue weighted by Crippen LogP contribution is 2.36. The van der Waals surface area contributed by atoms with Crippen LogP contribution in [0, 0.1) is 0 Å². The van der Waals surface area contributed by atoms with Gasteiger partial charge in [0.05, 0.1) is 13.9 Å². The van der Waals surface area contributed by atoms with E-state index in [4.69, 9.17) is 12.2 Å². The van der Waals surface area contributed by atoms with Crippen molar-refractivity contribution in [3.63, 3.8) is 0 Å². The Morgan fingerprint density at radius 1 is 0.853 bits per heavy atom. The molecule has 0 bridgehead atoms. The van der Waals surface area contributed by atoms with Gasteiger partial charge < -0.3 is 60.2 Å². The molecule has 2 aromatic rings. The number of aldehydes is 1. The van der Waals surface area contributed by atoms with Crippen LogP contribution in [0.25, 0.3) is 0 Å². The van der Waals surface area contributed by atoms with Crippen molar-refractivity contribution in [2.24, 2.45) is 0 Å². The average molecular weight is 486 g/mol. The normalized spacial score (nSPS) is 15.3. The predicted octanol–water partition coefficient (Wildman–Crippen LogP) is -1.42. The minimum Gasteiger partial charge on any atom is -0.504 e. The molecule has 184 valence electrons. The smallest absolute Gasteiger partial charge is 0.338 e. The number of aromatic hydroxyl groups is 6. The van der Waals surface area contributed by atoms with Crippen molar-refractivity contribution >= 4 is 18.2 Å². The van der Waals surface area contributed by atoms with Crippen molar-refractivity contribution in [2.75, 3.05) is 6.61 Å². The Kier molecular flexibility index (Phi) is 7.12. The van der Waals surface area contributed by atoms with Gasteiger partial charge in [-0.15, -0.1) is 0 Å². The molecule has 0 amide bonds. The van der Waals surface area contributed by atoms with E-state index < -0.39 is 101 Å². The summed E-state index contributed by atoms with van der Waals surface area (Å²) >= 11 is 0. The number of rotatable bonds is 9. The molecule has 0 aliphatic carbocycles. The molecule has 0 saturated carbocycles. The summed E-state index contributed by atoms with van der Waals surface area (Å²) in [6.07, 6.45) is -9.19. The van der Waals surface area contributed by atoms with Crippen LogP contribution < -0.4 is 0 Å². The standard InChI is InChI=1S/C20H20O14/c21-5-13(26)17(30)18(34-20(32)8-3-11(24)16(29)12(25)4-8)14(27)6-33-19(31)7-1-9(22)15(28)10(23)2-7/h1-5,13-14,17-18,22-30H,6H2/t13-,14+,17+,18+/m0/s1/i1D,3D. The second kappa shape index (κ2) is 10.6. The molecular formula is C20H20O14. The quantitative estimate of drug-likeness (QED) is 0.112. The lowest BCUT2D eigenvalue weighted by atomic mass is 10.0. The SMILES string of the molecule is [2H]c1c(C(=O)OC[C@@H](O)[C@@H](OC(=O)c2cc(O)c(O)c(O)c2[2H])[C@H](O)[C@@H](O)C=O)cc(O)c(O)c1O. The van der Waals surface area contributed by atoms with E-state index in [-0.39, 0.29) is 6.29 Å². The van der Waals surface area contributed by atoms with Crippen LogP contribution in [0.5, 0.6) is 34.5 Å². The van der Waals surface area contributed by atoms with E-state index in [9.17, 15) is 60.3 Å². The Labute approximate surface area is 192 Å². The van der Waals surface area contributed by atoms with Crippen molar-refractivity contribution < 1.29 is 72.6 Å². The third kappa shape index (κ3) is 5.74. The van der Waals surface area contributed by atoms with E-state index in [2.05, 4.69) is 0 Å². The first-order valence-corrected chi connectivity index (χ1v) is 9.09. The maximum absolute atomic E-state index is 12.5. The first kappa shape index (κ1) is 22.9. The van der Waals surface area contributed by atoms with E-state index in [1.165, 1.54) is 0 Å². The summed E-state index contributed by atoms with van der Waals surface area (Å²) in [7, 11) is 0. The van der Waals surface area contributed by atoms with Crippen molar-refractivity contribution in [3.8, 4) is 34.5 Å². The second-order valence-corrected chi connectivity index (χ2v) is 6.68. The Balaban J connectivity index is 2.29. The number of aliphatic hydroxyl groups excluding tert-OH is 3. The fraction of sp³-hybridized carbons (Fsp3) is 0.250. The molecule has 0 unspecified atom stereocenters. The molecule has 34 heavy (non-hydrogen) atoms. The zero-order chi connectivity index (χ0) is 27.5. The van der Waals surface area contributed by atoms with Gasteiger partial charge in [-0.05, 0) is 24.2 Å². The van der Waals surface area contributed by atoms with Crippen LogP contribution in [0.2, 0.25) is 0 Å². The number of carbonyl (C=O) groups excluding carboxylic acids is 3. The number of benzene rings is 2. The van der Waals surface area contributed by atoms with E-state index in [0.717, 1.165) is 0 Å². The molecule has 0 radical (unpaired) electrons. The number of aliphatic hydroxyl groups is 3. The van der Waals surface area contributed by atoms with Crippen LogP contribution in [0.15, 0.2) is 24.2 Å². The first-order valence-electron chi connectivity index (χ1n) is 10.1. The second-order valence-electron chi connectivity index (χ2n) is 6.68. The van der Waals surface area contributed by atoms with Gasteiger partial charge in [0, 0.05) is 0 Å². The van der Waals surface area contributed by atoms with Crippen LogP contribution in [-0.2, 0) is 14.3 Å². The third-order valence-electron chi connectivity index (χ3n) is 4.28. The minimum atomic E-state index is -2.33. The van der Waals surface area contributed by atoms with Gasteiger partial charge in [0.25, 0.3) is 0 Å². The fourth-order valence-corrected chi connectivity index (χ4v) is 2.49. The predicted molar refractivity (Wildman–Crippen MR) is 106 cm³/mol. The summed E-state index contributed by atoms with van der Waals surface area (Å²) in [6.45, 7) is -1.14. The van der Waals surface area contributed by atoms with Crippen LogP contribution in [0.3, 0.4) is 0 Å². The maximum atomic E-state index is 12.5. The van der Waals surface area contributed by atoms with Gasteiger partial charge in [-0.1, -0.05) is 0 Å². The summed E-state index contributed by atoms with van der Waals surface area (Å²) in [5.74, 6) is -9.66. The van der Waals surface area contributed by atoms with Gasteiger partial charge in [0.1, 0.15) is 24.9 Å². The van der Waals surface area contributed by atoms with Gasteiger partial charge in [-0.25, -0.2) is 9.59 Å². The molecule has 4 atom stereocenters. The Hall–Kier alpha value is -4.27. The van der Waals surface area contributed by atoms with Crippen molar-refractivity contribution in [1.82, 2.24) is 0 Å². The molecule has 0 aromatic heterocycles. The summed E-state index contributed by atoms with van der Waals surface area (Å²) in [6, 6.07) is -0.922. The highest BCUT2D eigenvalue weighted by atomic mass is 16.6. The molecular weight excluding hydrogens is 464 g/mol. The molecule has 0 heterocycles. The molecule has 0 saturated heterocycles. The maximum Gasteiger partial charge on any atom is 0.338 e. The average Bonchev–Trinajstić information content (AvgIpc) is 2.86. The number of carbonyl (C=O) groups is 3. The van der Waals surface area contributed by atoms with Crippen LogP contribution in [0.4, 0.5) is 0 Å². The molecule has 0 spiro atoms. The topological polar surface area (TPSA) is 252 Å². The summed E-state index contributed by atoms with van der Waals surface area (Å²) in [5, 5.41) is 87.1. The number of hydrogen-bond donors (Lipinski definition) is 9. The third-order valence-corrected chi connectivity index (χ3v) is 4.28. The van der Waals surface area contributed by atoms with E-state index >= 15 is 0 Å². The molecule has 14 heteroatoms. The summed E-state index contributed by atoms with van der Waals surface area (Å²) in [4.78, 5) is 35.6. The largest absolute Gasteiger partial charge is 0.504 e. The van der Waals surface area contributed by atoms with Crippen molar-refractivity contribution in [3.05, 3.63) is 35.3 Å². The summed E-state index contributed by atoms with van der Waals surface area (Å²) < 4.78 is 24.7. The van der Waals surface area contributed by atoms with Crippen molar-refractivity contribution in [1.29, 1.82) is 0 Å². The molecule has 0 aliphatic heterocycles. The minimum absolute atomic E-state index is 0.188. The van der Waals surface area contributed by atoms with Crippen LogP contribution in [0.1, 0.15) is 23.5 Å². The molecule has 0 aliphatic rings. The number of hydrogen-bond acceptors (Lipinski definition) is 14. The van der Waals surface area contributed by atoms with E-state index in [0.29, 0.717) is 12.1 Å². The molecule has 0 fully saturated rings. The first-order chi connectivity index (χ1) is 16.7. The number of phenols is 6. The number of phenolic OH excluding ortho intramolecular Hbond substituents is 6. The van der Waals surface area contributed by atoms with Gasteiger partial charge in [0.15, 0.2) is 46.9 Å². The molecule has 2 rings (SSSR count). The molecule has 2 aromatic carbocycles. The lowest BCUT2D eigenvalue weighted by Gasteiger charge is -2.28. The zero-order valence-electron chi connectivity index (χ0n) is 18.8. The fourth-order valence-electron chi connectivity index (χ4n) is 2.49. The van der Waals surface area contributed by atoms with Crippen LogP contribution in [-0.4, -0.2) is 95.2 Å². The van der Waals surface area contributed by atoms with Gasteiger partial charge in [0.2, 0.25) is 0 Å². The van der Waals surface area contributed by atoms with Crippen molar-refractivity contribution in [2.45, 2.75) is 24.4 Å². The van der Waals surface area contributed by atoms with Crippen LogP contribution >= 0.6 is 0 Å². The lowest BCUT2D eigenvalue weighted by molar-refractivity contribution is -0.138. The Bertz CT molecular complexity index is 1180. The Morgan fingerprint density at radius 2 is 1.32 bits per heavy atom. The molecule has 9 N–H and O–H groups in total. The summed E-state index contributed by atoms with van der Waals surface area (Å²) in [5.41, 5.74) is -1.65. The van der Waals surface area contributed by atoms with Gasteiger partial charge in [-0.3, -0.25) is 0 Å². The van der Waals surface area contributed by atoms with Gasteiger partial charge >= 0.3 is 11.9 Å². The number of esters is 2. The number of ether oxygens (including phenoxy) is 2. The lowest BCUT2D eigenvalue weighted by Crippen LogP contribution is -2.49. The monoisotopic (exact) mass is 486 g/mol.